The molecule has 226 valence electrons. The molecule has 1 aromatic heterocycles. The normalized spacial score (nSPS) is 16.9. The van der Waals surface area contributed by atoms with Gasteiger partial charge in [-0.3, -0.25) is 9.59 Å². The van der Waals surface area contributed by atoms with Crippen LogP contribution in [0.2, 0.25) is 5.02 Å². The van der Waals surface area contributed by atoms with E-state index in [1.165, 1.54) is 35.4 Å². The number of halogens is 2. The molecular weight excluding hydrogens is 587 g/mol. The summed E-state index contributed by atoms with van der Waals surface area (Å²) in [5.74, 6) is -2.55. The Hall–Kier alpha value is -4.61. The number of hydrogen-bond acceptors (Lipinski definition) is 7. The quantitative estimate of drug-likeness (QED) is 0.331. The lowest BCUT2D eigenvalue weighted by molar-refractivity contribution is -0.123. The Morgan fingerprint density at radius 2 is 1.66 bits per heavy atom. The molecule has 1 saturated heterocycles. The van der Waals surface area contributed by atoms with Crippen LogP contribution < -0.4 is 4.90 Å². The van der Waals surface area contributed by atoms with Gasteiger partial charge in [-0.15, -0.1) is 5.10 Å². The number of hydrogen-bond donors (Lipinski definition) is 1. The van der Waals surface area contributed by atoms with E-state index < -0.39 is 23.7 Å². The van der Waals surface area contributed by atoms with Crippen LogP contribution in [0.25, 0.3) is 5.69 Å². The number of benzene rings is 3. The Morgan fingerprint density at radius 3 is 2.39 bits per heavy atom. The Balaban J connectivity index is 1.39. The average molecular weight is 617 g/mol. The van der Waals surface area contributed by atoms with Gasteiger partial charge in [-0.05, 0) is 60.5 Å². The second-order valence-corrected chi connectivity index (χ2v) is 11.4. The van der Waals surface area contributed by atoms with Gasteiger partial charge in [0.2, 0.25) is 0 Å². The highest BCUT2D eigenvalue weighted by Crippen LogP contribution is 2.38. The van der Waals surface area contributed by atoms with Gasteiger partial charge in [-0.2, -0.15) is 0 Å². The first-order chi connectivity index (χ1) is 21.2. The smallest absolute Gasteiger partial charge is 0.335 e. The molecule has 1 atom stereocenters. The third-order valence-corrected chi connectivity index (χ3v) is 8.61. The van der Waals surface area contributed by atoms with Gasteiger partial charge in [-0.1, -0.05) is 47.1 Å². The number of anilines is 1. The van der Waals surface area contributed by atoms with Crippen molar-refractivity contribution in [2.24, 2.45) is 0 Å². The van der Waals surface area contributed by atoms with Crippen LogP contribution in [0, 0.1) is 5.82 Å². The maximum Gasteiger partial charge on any atom is 0.335 e. The number of rotatable bonds is 7. The largest absolute Gasteiger partial charge is 0.478 e. The van der Waals surface area contributed by atoms with Gasteiger partial charge < -0.3 is 19.8 Å². The van der Waals surface area contributed by atoms with Crippen LogP contribution in [0.15, 0.2) is 66.9 Å². The van der Waals surface area contributed by atoms with E-state index in [0.29, 0.717) is 12.0 Å². The van der Waals surface area contributed by atoms with Crippen LogP contribution in [-0.2, 0) is 17.6 Å². The predicted octanol–water partition coefficient (Wildman–Crippen LogP) is 4.06. The van der Waals surface area contributed by atoms with Gasteiger partial charge in [0.15, 0.2) is 17.3 Å². The fraction of sp³-hybridized carbons (Fsp3) is 0.281. The number of carboxylic acid groups (broad SMARTS) is 1. The first kappa shape index (κ1) is 29.5. The van der Waals surface area contributed by atoms with Gasteiger partial charge in [-0.25, -0.2) is 13.9 Å². The number of aromatic carboxylic acids is 1. The molecule has 1 fully saturated rings. The fourth-order valence-corrected chi connectivity index (χ4v) is 6.15. The summed E-state index contributed by atoms with van der Waals surface area (Å²) in [4.78, 5) is 45.8. The molecule has 0 bridgehead atoms. The molecule has 1 N–H and O–H groups in total. The first-order valence-corrected chi connectivity index (χ1v) is 14.7. The van der Waals surface area contributed by atoms with Crippen LogP contribution in [0.1, 0.15) is 43.6 Å². The van der Waals surface area contributed by atoms with Crippen molar-refractivity contribution < 1.29 is 23.9 Å². The zero-order chi connectivity index (χ0) is 31.0. The highest BCUT2D eigenvalue weighted by Gasteiger charge is 2.39. The van der Waals surface area contributed by atoms with Crippen LogP contribution in [-0.4, -0.2) is 87.3 Å². The van der Waals surface area contributed by atoms with E-state index in [4.69, 9.17) is 11.6 Å². The van der Waals surface area contributed by atoms with Gasteiger partial charge in [0, 0.05) is 44.8 Å². The van der Waals surface area contributed by atoms with Crippen molar-refractivity contribution in [3.8, 4) is 5.69 Å². The number of carbonyl (C=O) groups is 3. The van der Waals surface area contributed by atoms with Crippen molar-refractivity contribution in [1.29, 1.82) is 0 Å². The molecule has 2 aliphatic heterocycles. The summed E-state index contributed by atoms with van der Waals surface area (Å²) in [6.45, 7) is 3.77. The summed E-state index contributed by atoms with van der Waals surface area (Å²) in [7, 11) is 2.09. The van der Waals surface area contributed by atoms with Crippen LogP contribution in [0.5, 0.6) is 0 Å². The highest BCUT2D eigenvalue weighted by atomic mass is 35.5. The minimum atomic E-state index is -1.06. The molecular formula is C32H30ClFN6O4. The number of nitrogens with zero attached hydrogens (tertiary/aromatic N) is 6. The van der Waals surface area contributed by atoms with Crippen molar-refractivity contribution in [1.82, 2.24) is 24.8 Å². The lowest BCUT2D eigenvalue weighted by Crippen LogP contribution is -2.47. The van der Waals surface area contributed by atoms with E-state index in [0.717, 1.165) is 47.7 Å². The Bertz CT molecular complexity index is 1740. The van der Waals surface area contributed by atoms with Crippen LogP contribution >= 0.6 is 11.6 Å². The molecule has 44 heavy (non-hydrogen) atoms. The van der Waals surface area contributed by atoms with Crippen molar-refractivity contribution in [2.45, 2.75) is 18.9 Å². The Morgan fingerprint density at radius 1 is 0.955 bits per heavy atom. The molecule has 1 amide bonds. The van der Waals surface area contributed by atoms with E-state index in [1.807, 2.05) is 12.1 Å². The second-order valence-electron chi connectivity index (χ2n) is 11.0. The summed E-state index contributed by atoms with van der Waals surface area (Å²) in [6.07, 6.45) is 1.76. The summed E-state index contributed by atoms with van der Waals surface area (Å²) in [5, 5.41) is 17.0. The predicted molar refractivity (Wildman–Crippen MR) is 162 cm³/mol. The van der Waals surface area contributed by atoms with Crippen molar-refractivity contribution in [3.63, 3.8) is 0 Å². The third kappa shape index (κ3) is 5.56. The molecule has 12 heteroatoms. The number of carbonyl (C=O) groups excluding carboxylic acids is 2. The van der Waals surface area contributed by atoms with Crippen LogP contribution in [0.4, 0.5) is 10.1 Å². The first-order valence-electron chi connectivity index (χ1n) is 14.3. The van der Waals surface area contributed by atoms with Crippen LogP contribution in [0.3, 0.4) is 0 Å². The van der Waals surface area contributed by atoms with Gasteiger partial charge >= 0.3 is 5.97 Å². The zero-order valence-electron chi connectivity index (χ0n) is 24.0. The number of piperazine rings is 1. The van der Waals surface area contributed by atoms with E-state index >= 15 is 0 Å². The van der Waals surface area contributed by atoms with Gasteiger partial charge in [0.05, 0.1) is 16.8 Å². The van der Waals surface area contributed by atoms with E-state index in [-0.39, 0.29) is 40.7 Å². The highest BCUT2D eigenvalue weighted by molar-refractivity contribution is 6.30. The fourth-order valence-electron chi connectivity index (χ4n) is 5.98. The lowest BCUT2D eigenvalue weighted by Gasteiger charge is -2.40. The topological polar surface area (TPSA) is 112 Å². The lowest BCUT2D eigenvalue weighted by atomic mass is 9.86. The van der Waals surface area contributed by atoms with E-state index in [2.05, 4.69) is 33.2 Å². The molecule has 1 unspecified atom stereocenters. The second kappa shape index (κ2) is 12.2. The molecule has 10 nitrogen and oxygen atoms in total. The minimum Gasteiger partial charge on any atom is -0.478 e. The average Bonchev–Trinajstić information content (AvgIpc) is 3.51. The number of fused-ring (bicyclic) bond motifs is 1. The standard InChI is InChI=1S/C32H30ClFN6O4/c1-37-14-16-38(17-15-37)25-6-2-4-23-22(25)12-13-39(30(23)28(41)18-20-8-10-21(11-9-20)32(43)44)31(42)27-19-35-36-40(27)26-7-3-5-24(33)29(26)34/h2-11,19,30H,12-18H2,1H3,(H,43,44). The number of ketones is 1. The summed E-state index contributed by atoms with van der Waals surface area (Å²) >= 11 is 6.01. The molecule has 6 rings (SSSR count). The number of aromatic nitrogens is 3. The molecule has 0 radical (unpaired) electrons. The maximum atomic E-state index is 15.0. The van der Waals surface area contributed by atoms with Crippen molar-refractivity contribution >= 4 is 34.9 Å². The maximum absolute atomic E-state index is 15.0. The zero-order valence-corrected chi connectivity index (χ0v) is 24.7. The minimum absolute atomic E-state index is 0.00606. The van der Waals surface area contributed by atoms with Gasteiger partial charge in [0.1, 0.15) is 11.7 Å². The molecule has 0 aliphatic carbocycles. The number of Topliss-reactive ketones (excluding diaryl/α,β-unsaturated/α-hetero) is 1. The molecule has 3 aromatic carbocycles. The molecule has 4 aromatic rings. The molecule has 0 spiro atoms. The number of amides is 1. The monoisotopic (exact) mass is 616 g/mol. The van der Waals surface area contributed by atoms with Crippen molar-refractivity contribution in [2.75, 3.05) is 44.7 Å². The summed E-state index contributed by atoms with van der Waals surface area (Å²) in [5.41, 5.74) is 3.52. The van der Waals surface area contributed by atoms with Crippen molar-refractivity contribution in [3.05, 3.63) is 106 Å². The van der Waals surface area contributed by atoms with Gasteiger partial charge in [0.25, 0.3) is 5.91 Å². The summed E-state index contributed by atoms with van der Waals surface area (Å²) < 4.78 is 16.1. The van der Waals surface area contributed by atoms with E-state index in [1.54, 1.807) is 18.2 Å². The summed E-state index contributed by atoms with van der Waals surface area (Å²) in [6, 6.07) is 15.5. The number of carboxylic acids is 1. The molecule has 3 heterocycles. The third-order valence-electron chi connectivity index (χ3n) is 8.31. The SMILES string of the molecule is CN1CCN(c2cccc3c2CCN(C(=O)c2cnnn2-c2cccc(Cl)c2F)C3C(=O)Cc2ccc(C(=O)O)cc2)CC1. The Kier molecular flexibility index (Phi) is 8.15. The molecule has 0 saturated carbocycles. The Labute approximate surface area is 258 Å². The number of likely N-dealkylation sites (N-methyl/N-ethyl adjacent to an activating group) is 1. The molecule has 2 aliphatic rings. The van der Waals surface area contributed by atoms with E-state index in [9.17, 15) is 23.9 Å².